The molecule has 0 atom stereocenters. The number of benzene rings is 1. The van der Waals surface area contributed by atoms with E-state index < -0.39 is 18.7 Å². The van der Waals surface area contributed by atoms with Crippen molar-refractivity contribution in [3.8, 4) is 5.75 Å². The number of phenols is 1. The van der Waals surface area contributed by atoms with E-state index in [1.165, 1.54) is 18.5 Å². The lowest BCUT2D eigenvalue weighted by Crippen LogP contribution is -2.30. The predicted molar refractivity (Wildman–Crippen MR) is 51.0 cm³/mol. The highest BCUT2D eigenvalue weighted by molar-refractivity contribution is 6.60. The smallest absolute Gasteiger partial charge is 0.492 e. The fourth-order valence-corrected chi connectivity index (χ4v) is 1.27. The zero-order chi connectivity index (χ0) is 11.0. The van der Waals surface area contributed by atoms with Crippen molar-refractivity contribution >= 4 is 23.6 Å². The van der Waals surface area contributed by atoms with E-state index in [-0.39, 0.29) is 16.5 Å². The fraction of sp³-hybridized carbons (Fsp3) is 0. The third-order valence-electron chi connectivity index (χ3n) is 1.99. The first-order valence-corrected chi connectivity index (χ1v) is 4.09. The topological polar surface area (TPSA) is 86.5 Å². The molecule has 0 saturated heterocycles. The van der Waals surface area contributed by atoms with E-state index >= 15 is 0 Å². The molecule has 0 bridgehead atoms. The molecule has 0 aliphatic rings. The van der Waals surface area contributed by atoms with E-state index in [4.69, 9.17) is 10.0 Å². The van der Waals surface area contributed by atoms with Crippen LogP contribution in [-0.2, 0) is 0 Å². The third kappa shape index (κ3) is 1.51. The van der Waals surface area contributed by atoms with E-state index in [2.05, 4.69) is 9.97 Å². The van der Waals surface area contributed by atoms with Gasteiger partial charge in [-0.1, -0.05) is 0 Å². The van der Waals surface area contributed by atoms with Crippen LogP contribution in [0, 0.1) is 5.82 Å². The number of hydrogen-bond acceptors (Lipinski definition) is 5. The van der Waals surface area contributed by atoms with Crippen molar-refractivity contribution in [2.24, 2.45) is 0 Å². The SMILES string of the molecule is OB(O)c1cc2nccnc2c(F)c1O. The number of rotatable bonds is 1. The average molecular weight is 208 g/mol. The van der Waals surface area contributed by atoms with Crippen LogP contribution in [0.5, 0.6) is 5.75 Å². The Morgan fingerprint density at radius 3 is 2.53 bits per heavy atom. The molecular formula is C8H6BFN2O3. The molecule has 5 nitrogen and oxygen atoms in total. The Morgan fingerprint density at radius 1 is 1.20 bits per heavy atom. The minimum Gasteiger partial charge on any atom is -0.505 e. The first kappa shape index (κ1) is 9.82. The van der Waals surface area contributed by atoms with Crippen molar-refractivity contribution in [3.63, 3.8) is 0 Å². The molecule has 1 aromatic heterocycles. The second-order valence-corrected chi connectivity index (χ2v) is 2.93. The molecule has 0 saturated carbocycles. The highest BCUT2D eigenvalue weighted by Crippen LogP contribution is 2.20. The Balaban J connectivity index is 2.82. The molecule has 7 heteroatoms. The molecule has 0 unspecified atom stereocenters. The summed E-state index contributed by atoms with van der Waals surface area (Å²) in [5, 5.41) is 27.0. The monoisotopic (exact) mass is 208 g/mol. The van der Waals surface area contributed by atoms with Crippen LogP contribution in [0.1, 0.15) is 0 Å². The molecule has 2 aromatic rings. The summed E-state index contributed by atoms with van der Waals surface area (Å²) < 4.78 is 13.4. The largest absolute Gasteiger partial charge is 0.505 e. The Bertz CT molecular complexity index is 520. The molecule has 0 amide bonds. The number of hydrogen-bond donors (Lipinski definition) is 3. The van der Waals surface area contributed by atoms with Crippen molar-refractivity contribution < 1.29 is 19.5 Å². The van der Waals surface area contributed by atoms with Crippen LogP contribution in [0.4, 0.5) is 4.39 Å². The first-order chi connectivity index (χ1) is 7.11. The van der Waals surface area contributed by atoms with Gasteiger partial charge in [-0.25, -0.2) is 9.37 Å². The number of phenolic OH excluding ortho intramolecular Hbond substituents is 1. The summed E-state index contributed by atoms with van der Waals surface area (Å²) in [5.41, 5.74) is -0.296. The van der Waals surface area contributed by atoms with Gasteiger partial charge >= 0.3 is 7.12 Å². The van der Waals surface area contributed by atoms with Gasteiger partial charge in [-0.3, -0.25) is 4.98 Å². The van der Waals surface area contributed by atoms with Crippen LogP contribution in [0.25, 0.3) is 11.0 Å². The van der Waals surface area contributed by atoms with E-state index in [0.717, 1.165) is 0 Å². The van der Waals surface area contributed by atoms with Crippen molar-refractivity contribution in [1.29, 1.82) is 0 Å². The highest BCUT2D eigenvalue weighted by atomic mass is 19.1. The molecule has 0 spiro atoms. The molecule has 1 heterocycles. The number of aromatic nitrogens is 2. The van der Waals surface area contributed by atoms with E-state index in [1.807, 2.05) is 0 Å². The van der Waals surface area contributed by atoms with Gasteiger partial charge in [0.25, 0.3) is 0 Å². The molecular weight excluding hydrogens is 202 g/mol. The minimum atomic E-state index is -1.95. The van der Waals surface area contributed by atoms with Gasteiger partial charge in [0.1, 0.15) is 5.52 Å². The Kier molecular flexibility index (Phi) is 2.26. The maximum Gasteiger partial charge on any atom is 0.492 e. The standard InChI is InChI=1S/C8H6BFN2O3/c10-6-7-5(11-1-2-12-7)3-4(8(6)13)9(14)15/h1-3,13-15H. The van der Waals surface area contributed by atoms with Crippen molar-refractivity contribution in [2.75, 3.05) is 0 Å². The fourth-order valence-electron chi connectivity index (χ4n) is 1.27. The predicted octanol–water partition coefficient (Wildman–Crippen LogP) is -0.846. The summed E-state index contributed by atoms with van der Waals surface area (Å²) in [6.45, 7) is 0. The number of fused-ring (bicyclic) bond motifs is 1. The van der Waals surface area contributed by atoms with Gasteiger partial charge in [0.15, 0.2) is 11.6 Å². The zero-order valence-electron chi connectivity index (χ0n) is 7.42. The quantitative estimate of drug-likeness (QED) is 0.531. The van der Waals surface area contributed by atoms with E-state index in [0.29, 0.717) is 0 Å². The Morgan fingerprint density at radius 2 is 1.87 bits per heavy atom. The zero-order valence-corrected chi connectivity index (χ0v) is 7.42. The summed E-state index contributed by atoms with van der Waals surface area (Å²) in [5.74, 6) is -1.83. The average Bonchev–Trinajstić information content (AvgIpc) is 2.23. The highest BCUT2D eigenvalue weighted by Gasteiger charge is 2.22. The van der Waals surface area contributed by atoms with Crippen LogP contribution in [0.15, 0.2) is 18.5 Å². The lowest BCUT2D eigenvalue weighted by atomic mass is 9.79. The van der Waals surface area contributed by atoms with Crippen LogP contribution >= 0.6 is 0 Å². The molecule has 1 aromatic carbocycles. The molecule has 2 rings (SSSR count). The van der Waals surface area contributed by atoms with Crippen LogP contribution in [-0.4, -0.2) is 32.2 Å². The molecule has 15 heavy (non-hydrogen) atoms. The van der Waals surface area contributed by atoms with Crippen molar-refractivity contribution in [1.82, 2.24) is 9.97 Å². The molecule has 0 aliphatic carbocycles. The first-order valence-electron chi connectivity index (χ1n) is 4.09. The van der Waals surface area contributed by atoms with Crippen molar-refractivity contribution in [3.05, 3.63) is 24.3 Å². The summed E-state index contributed by atoms with van der Waals surface area (Å²) in [4.78, 5) is 7.47. The number of halogens is 1. The summed E-state index contributed by atoms with van der Waals surface area (Å²) in [7, 11) is -1.95. The van der Waals surface area contributed by atoms with Gasteiger partial charge in [-0.15, -0.1) is 0 Å². The molecule has 76 valence electrons. The third-order valence-corrected chi connectivity index (χ3v) is 1.99. The van der Waals surface area contributed by atoms with Gasteiger partial charge in [-0.2, -0.15) is 0 Å². The van der Waals surface area contributed by atoms with Gasteiger partial charge in [-0.05, 0) is 6.07 Å². The lowest BCUT2D eigenvalue weighted by Gasteiger charge is -2.06. The molecule has 0 fully saturated rings. The number of nitrogens with zero attached hydrogens (tertiary/aromatic N) is 2. The maximum atomic E-state index is 13.4. The van der Waals surface area contributed by atoms with Gasteiger partial charge in [0, 0.05) is 17.9 Å². The Labute approximate surface area is 84.0 Å². The van der Waals surface area contributed by atoms with E-state index in [9.17, 15) is 9.50 Å². The van der Waals surface area contributed by atoms with Crippen LogP contribution in [0.3, 0.4) is 0 Å². The van der Waals surface area contributed by atoms with Crippen molar-refractivity contribution in [2.45, 2.75) is 0 Å². The van der Waals surface area contributed by atoms with Crippen LogP contribution in [0.2, 0.25) is 0 Å². The minimum absolute atomic E-state index is 0.112. The molecule has 3 N–H and O–H groups in total. The van der Waals surface area contributed by atoms with Gasteiger partial charge < -0.3 is 15.2 Å². The van der Waals surface area contributed by atoms with Gasteiger partial charge in [0.05, 0.1) is 5.52 Å². The van der Waals surface area contributed by atoms with Gasteiger partial charge in [0.2, 0.25) is 0 Å². The van der Waals surface area contributed by atoms with Crippen LogP contribution < -0.4 is 5.46 Å². The van der Waals surface area contributed by atoms with E-state index in [1.54, 1.807) is 0 Å². The lowest BCUT2D eigenvalue weighted by molar-refractivity contribution is 0.411. The molecule has 0 aliphatic heterocycles. The summed E-state index contributed by atoms with van der Waals surface area (Å²) in [6, 6.07) is 1.17. The summed E-state index contributed by atoms with van der Waals surface area (Å²) in [6.07, 6.45) is 2.62. The Hall–Kier alpha value is -1.73. The second kappa shape index (κ2) is 3.45. The summed E-state index contributed by atoms with van der Waals surface area (Å²) >= 11 is 0. The number of aromatic hydroxyl groups is 1. The second-order valence-electron chi connectivity index (χ2n) is 2.93. The normalized spacial score (nSPS) is 10.6. The molecule has 0 radical (unpaired) electrons. The maximum absolute atomic E-state index is 13.4.